The van der Waals surface area contributed by atoms with Gasteiger partial charge in [-0.05, 0) is 19.8 Å². The largest absolute Gasteiger partial charge is 0.388 e. The van der Waals surface area contributed by atoms with E-state index in [1.54, 1.807) is 7.11 Å². The van der Waals surface area contributed by atoms with Gasteiger partial charge in [0.15, 0.2) is 5.82 Å². The average molecular weight is 241 g/mol. The van der Waals surface area contributed by atoms with Crippen LogP contribution < -0.4 is 0 Å². The van der Waals surface area contributed by atoms with E-state index in [1.807, 2.05) is 18.4 Å². The van der Waals surface area contributed by atoms with Gasteiger partial charge in [-0.1, -0.05) is 13.8 Å². The number of nitrogens with zero attached hydrogens (tertiary/aromatic N) is 3. The van der Waals surface area contributed by atoms with Crippen LogP contribution in [-0.4, -0.2) is 32.6 Å². The zero-order valence-electron chi connectivity index (χ0n) is 11.4. The monoisotopic (exact) mass is 241 g/mol. The Morgan fingerprint density at radius 3 is 2.35 bits per heavy atom. The molecular weight excluding hydrogens is 218 g/mol. The van der Waals surface area contributed by atoms with E-state index in [2.05, 4.69) is 24.0 Å². The van der Waals surface area contributed by atoms with Gasteiger partial charge in [0.05, 0.1) is 5.60 Å². The predicted molar refractivity (Wildman–Crippen MR) is 65.6 cm³/mol. The first-order chi connectivity index (χ1) is 7.89. The van der Waals surface area contributed by atoms with E-state index in [1.165, 1.54) is 0 Å². The van der Waals surface area contributed by atoms with E-state index in [4.69, 9.17) is 4.74 Å². The first-order valence-electron chi connectivity index (χ1n) is 5.96. The molecule has 0 aliphatic rings. The average Bonchev–Trinajstić information content (AvgIpc) is 2.60. The molecule has 1 heterocycles. The minimum absolute atomic E-state index is 0.0763. The highest BCUT2D eigenvalue weighted by atomic mass is 16.5. The van der Waals surface area contributed by atoms with Crippen LogP contribution >= 0.6 is 0 Å². The standard InChI is InChI=1S/C12H23N3O2/c1-9(2)7-15-10(6-12(3,4)17-5)13-14-11(15)8-16/h9,16H,6-8H2,1-5H3. The smallest absolute Gasteiger partial charge is 0.158 e. The topological polar surface area (TPSA) is 60.2 Å². The number of hydrogen-bond acceptors (Lipinski definition) is 4. The van der Waals surface area contributed by atoms with E-state index in [0.29, 0.717) is 18.2 Å². The maximum absolute atomic E-state index is 9.25. The first kappa shape index (κ1) is 14.1. The van der Waals surface area contributed by atoms with Crippen molar-refractivity contribution >= 4 is 0 Å². The summed E-state index contributed by atoms with van der Waals surface area (Å²) in [6.45, 7) is 9.03. The molecule has 0 aliphatic heterocycles. The van der Waals surface area contributed by atoms with Crippen molar-refractivity contribution < 1.29 is 9.84 Å². The van der Waals surface area contributed by atoms with E-state index in [0.717, 1.165) is 12.4 Å². The highest BCUT2D eigenvalue weighted by Crippen LogP contribution is 2.16. The van der Waals surface area contributed by atoms with Crippen molar-refractivity contribution in [1.29, 1.82) is 0 Å². The number of aliphatic hydroxyl groups excluding tert-OH is 1. The van der Waals surface area contributed by atoms with Crippen molar-refractivity contribution in [2.24, 2.45) is 5.92 Å². The van der Waals surface area contributed by atoms with Crippen molar-refractivity contribution in [3.63, 3.8) is 0 Å². The Labute approximate surface area is 103 Å². The van der Waals surface area contributed by atoms with Gasteiger partial charge in [-0.3, -0.25) is 0 Å². The fraction of sp³-hybridized carbons (Fsp3) is 0.833. The molecule has 5 nitrogen and oxygen atoms in total. The Morgan fingerprint density at radius 2 is 1.88 bits per heavy atom. The minimum atomic E-state index is -0.269. The lowest BCUT2D eigenvalue weighted by Gasteiger charge is -2.23. The number of ether oxygens (including phenoxy) is 1. The molecule has 0 amide bonds. The van der Waals surface area contributed by atoms with Gasteiger partial charge in [0, 0.05) is 20.1 Å². The summed E-state index contributed by atoms with van der Waals surface area (Å²) in [6, 6.07) is 0. The summed E-state index contributed by atoms with van der Waals surface area (Å²) in [5.74, 6) is 1.98. The van der Waals surface area contributed by atoms with Gasteiger partial charge in [-0.2, -0.15) is 0 Å². The second kappa shape index (κ2) is 5.60. The highest BCUT2D eigenvalue weighted by molar-refractivity contribution is 4.99. The van der Waals surface area contributed by atoms with Crippen molar-refractivity contribution in [2.75, 3.05) is 7.11 Å². The molecule has 5 heteroatoms. The van der Waals surface area contributed by atoms with Crippen LogP contribution in [0.25, 0.3) is 0 Å². The molecule has 1 rings (SSSR count). The zero-order chi connectivity index (χ0) is 13.1. The molecule has 0 aliphatic carbocycles. The molecule has 0 fully saturated rings. The van der Waals surface area contributed by atoms with Gasteiger partial charge in [-0.25, -0.2) is 0 Å². The molecular formula is C12H23N3O2. The normalized spacial score (nSPS) is 12.4. The number of hydrogen-bond donors (Lipinski definition) is 1. The van der Waals surface area contributed by atoms with Gasteiger partial charge in [0.25, 0.3) is 0 Å². The van der Waals surface area contributed by atoms with Crippen LogP contribution in [0.3, 0.4) is 0 Å². The predicted octanol–water partition coefficient (Wildman–Crippen LogP) is 1.39. The van der Waals surface area contributed by atoms with Crippen LogP contribution in [0.5, 0.6) is 0 Å². The molecule has 1 aromatic rings. The van der Waals surface area contributed by atoms with Crippen LogP contribution in [0.2, 0.25) is 0 Å². The van der Waals surface area contributed by atoms with Crippen LogP contribution in [0.1, 0.15) is 39.3 Å². The molecule has 0 atom stereocenters. The Balaban J connectivity index is 2.95. The van der Waals surface area contributed by atoms with Crippen molar-refractivity contribution in [3.05, 3.63) is 11.6 Å². The third-order valence-corrected chi connectivity index (χ3v) is 2.73. The molecule has 0 spiro atoms. The second-order valence-electron chi connectivity index (χ2n) is 5.34. The quantitative estimate of drug-likeness (QED) is 0.817. The summed E-state index contributed by atoms with van der Waals surface area (Å²) >= 11 is 0. The van der Waals surface area contributed by atoms with Crippen molar-refractivity contribution in [2.45, 2.75) is 52.9 Å². The molecule has 17 heavy (non-hydrogen) atoms. The van der Waals surface area contributed by atoms with E-state index >= 15 is 0 Å². The Hall–Kier alpha value is -0.940. The Kier molecular flexibility index (Phi) is 4.65. The maximum Gasteiger partial charge on any atom is 0.158 e. The maximum atomic E-state index is 9.25. The third-order valence-electron chi connectivity index (χ3n) is 2.73. The molecule has 0 saturated carbocycles. The van der Waals surface area contributed by atoms with Crippen molar-refractivity contribution in [1.82, 2.24) is 14.8 Å². The lowest BCUT2D eigenvalue weighted by Crippen LogP contribution is -2.28. The molecule has 1 N–H and O–H groups in total. The molecule has 98 valence electrons. The first-order valence-corrected chi connectivity index (χ1v) is 5.96. The van der Waals surface area contributed by atoms with Crippen LogP contribution in [0.4, 0.5) is 0 Å². The molecule has 0 unspecified atom stereocenters. The number of methoxy groups -OCH3 is 1. The lowest BCUT2D eigenvalue weighted by molar-refractivity contribution is 0.0206. The van der Waals surface area contributed by atoms with Crippen molar-refractivity contribution in [3.8, 4) is 0 Å². The van der Waals surface area contributed by atoms with Crippen LogP contribution in [0, 0.1) is 5.92 Å². The van der Waals surface area contributed by atoms with E-state index in [-0.39, 0.29) is 12.2 Å². The minimum Gasteiger partial charge on any atom is -0.388 e. The molecule has 0 bridgehead atoms. The third kappa shape index (κ3) is 3.78. The number of rotatable bonds is 6. The number of aromatic nitrogens is 3. The molecule has 0 radical (unpaired) electrons. The molecule has 1 aromatic heterocycles. The summed E-state index contributed by atoms with van der Waals surface area (Å²) in [5.41, 5.74) is -0.269. The highest BCUT2D eigenvalue weighted by Gasteiger charge is 2.22. The number of aliphatic hydroxyl groups is 1. The fourth-order valence-electron chi connectivity index (χ4n) is 1.65. The van der Waals surface area contributed by atoms with Gasteiger partial charge in [0.2, 0.25) is 0 Å². The summed E-state index contributed by atoms with van der Waals surface area (Å²) in [6.07, 6.45) is 0.684. The summed E-state index contributed by atoms with van der Waals surface area (Å²) < 4.78 is 7.39. The van der Waals surface area contributed by atoms with Gasteiger partial charge in [0.1, 0.15) is 12.4 Å². The molecule has 0 saturated heterocycles. The summed E-state index contributed by atoms with van der Waals surface area (Å²) in [4.78, 5) is 0. The van der Waals surface area contributed by atoms with E-state index < -0.39 is 0 Å². The fourth-order valence-corrected chi connectivity index (χ4v) is 1.65. The van der Waals surface area contributed by atoms with Gasteiger partial charge >= 0.3 is 0 Å². The zero-order valence-corrected chi connectivity index (χ0v) is 11.4. The van der Waals surface area contributed by atoms with Crippen LogP contribution in [-0.2, 0) is 24.3 Å². The molecule has 0 aromatic carbocycles. The summed E-state index contributed by atoms with van der Waals surface area (Å²) in [7, 11) is 1.69. The Morgan fingerprint density at radius 1 is 1.29 bits per heavy atom. The summed E-state index contributed by atoms with van der Waals surface area (Å²) in [5, 5.41) is 17.4. The van der Waals surface area contributed by atoms with Crippen LogP contribution in [0.15, 0.2) is 0 Å². The van der Waals surface area contributed by atoms with Gasteiger partial charge < -0.3 is 14.4 Å². The lowest BCUT2D eigenvalue weighted by atomic mass is 10.0. The second-order valence-corrected chi connectivity index (χ2v) is 5.34. The Bertz CT molecular complexity index is 359. The SMILES string of the molecule is COC(C)(C)Cc1nnc(CO)n1CC(C)C. The van der Waals surface area contributed by atoms with E-state index in [9.17, 15) is 5.11 Å². The van der Waals surface area contributed by atoms with Gasteiger partial charge in [-0.15, -0.1) is 10.2 Å².